The summed E-state index contributed by atoms with van der Waals surface area (Å²) in [5.74, 6) is 0.716. The van der Waals surface area contributed by atoms with Crippen LogP contribution >= 0.6 is 0 Å². The fourth-order valence-electron chi connectivity index (χ4n) is 4.45. The zero-order valence-electron chi connectivity index (χ0n) is 16.8. The van der Waals surface area contributed by atoms with Gasteiger partial charge in [0.15, 0.2) is 11.5 Å². The van der Waals surface area contributed by atoms with Crippen molar-refractivity contribution in [1.82, 2.24) is 24.7 Å². The summed E-state index contributed by atoms with van der Waals surface area (Å²) in [5.41, 5.74) is 4.64. The number of rotatable bonds is 2. The molecule has 0 aliphatic heterocycles. The molecular formula is C26H15N5O. The molecule has 0 fully saturated rings. The number of benzene rings is 4. The Morgan fingerprint density at radius 2 is 1.50 bits per heavy atom. The molecule has 6 nitrogen and oxygen atoms in total. The van der Waals surface area contributed by atoms with E-state index in [1.807, 2.05) is 59.2 Å². The molecule has 0 atom stereocenters. The average Bonchev–Trinajstić information content (AvgIpc) is 3.43. The third-order valence-electron chi connectivity index (χ3n) is 5.86. The van der Waals surface area contributed by atoms with Crippen LogP contribution in [0, 0.1) is 0 Å². The van der Waals surface area contributed by atoms with Gasteiger partial charge in [0.05, 0.1) is 5.56 Å². The van der Waals surface area contributed by atoms with Crippen molar-refractivity contribution in [2.75, 3.05) is 0 Å². The van der Waals surface area contributed by atoms with Crippen molar-refractivity contribution in [2.24, 2.45) is 0 Å². The molecule has 0 radical (unpaired) electrons. The van der Waals surface area contributed by atoms with Gasteiger partial charge >= 0.3 is 0 Å². The lowest BCUT2D eigenvalue weighted by Gasteiger charge is -2.08. The van der Waals surface area contributed by atoms with Gasteiger partial charge < -0.3 is 4.42 Å². The molecule has 7 rings (SSSR count). The summed E-state index contributed by atoms with van der Waals surface area (Å²) in [6.45, 7) is 0. The molecule has 3 heterocycles. The maximum absolute atomic E-state index is 6.53. The second-order valence-corrected chi connectivity index (χ2v) is 7.66. The van der Waals surface area contributed by atoms with Crippen LogP contribution in [-0.2, 0) is 0 Å². The predicted molar refractivity (Wildman–Crippen MR) is 125 cm³/mol. The minimum Gasteiger partial charge on any atom is -0.455 e. The molecule has 0 saturated heterocycles. The third kappa shape index (κ3) is 2.34. The molecule has 3 aromatic heterocycles. The van der Waals surface area contributed by atoms with Gasteiger partial charge in [-0.3, -0.25) is 4.57 Å². The number of hydrogen-bond donors (Lipinski definition) is 0. The van der Waals surface area contributed by atoms with Crippen LogP contribution in [-0.4, -0.2) is 24.7 Å². The van der Waals surface area contributed by atoms with E-state index in [2.05, 4.69) is 45.5 Å². The Kier molecular flexibility index (Phi) is 3.46. The van der Waals surface area contributed by atoms with Gasteiger partial charge in [-0.05, 0) is 29.7 Å². The minimum atomic E-state index is 0.491. The summed E-state index contributed by atoms with van der Waals surface area (Å²) in [6.07, 6.45) is 1.45. The predicted octanol–water partition coefficient (Wildman–Crippen LogP) is 5.93. The molecule has 0 unspecified atom stereocenters. The van der Waals surface area contributed by atoms with Crippen molar-refractivity contribution in [2.45, 2.75) is 0 Å². The zero-order chi connectivity index (χ0) is 21.1. The van der Waals surface area contributed by atoms with E-state index in [-0.39, 0.29) is 0 Å². The number of nitrogens with zero attached hydrogens (tertiary/aromatic N) is 5. The number of furan rings is 1. The average molecular weight is 413 g/mol. The van der Waals surface area contributed by atoms with Gasteiger partial charge in [-0.1, -0.05) is 60.7 Å². The molecule has 0 spiro atoms. The van der Waals surface area contributed by atoms with Crippen LogP contribution < -0.4 is 0 Å². The number of aromatic nitrogens is 5. The SMILES string of the molecule is c1ccc(-n2c(-c3cccc4c3oc3c5ccccc5ccc43)nc3nncnc32)cc1. The topological polar surface area (TPSA) is 69.6 Å². The third-order valence-corrected chi connectivity index (χ3v) is 5.86. The maximum atomic E-state index is 6.53. The fourth-order valence-corrected chi connectivity index (χ4v) is 4.45. The molecule has 32 heavy (non-hydrogen) atoms. The van der Waals surface area contributed by atoms with Gasteiger partial charge in [-0.15, -0.1) is 10.2 Å². The Labute approximate surface area is 181 Å². The molecule has 0 saturated carbocycles. The minimum absolute atomic E-state index is 0.491. The van der Waals surface area contributed by atoms with Gasteiger partial charge in [0.1, 0.15) is 17.5 Å². The van der Waals surface area contributed by atoms with Crippen molar-refractivity contribution in [3.8, 4) is 17.1 Å². The largest absolute Gasteiger partial charge is 0.455 e. The van der Waals surface area contributed by atoms with Crippen LogP contribution in [0.25, 0.3) is 61.1 Å². The summed E-state index contributed by atoms with van der Waals surface area (Å²) in [6, 6.07) is 28.7. The van der Waals surface area contributed by atoms with Gasteiger partial charge in [-0.2, -0.15) is 0 Å². The quantitative estimate of drug-likeness (QED) is 0.351. The fraction of sp³-hybridized carbons (Fsp3) is 0. The van der Waals surface area contributed by atoms with Crippen LogP contribution in [0.15, 0.2) is 95.7 Å². The van der Waals surface area contributed by atoms with E-state index in [0.29, 0.717) is 17.1 Å². The highest BCUT2D eigenvalue weighted by atomic mass is 16.3. The molecule has 0 bridgehead atoms. The normalized spacial score (nSPS) is 11.8. The van der Waals surface area contributed by atoms with Crippen LogP contribution in [0.4, 0.5) is 0 Å². The number of fused-ring (bicyclic) bond motifs is 6. The Morgan fingerprint density at radius 3 is 2.44 bits per heavy atom. The Hall–Kier alpha value is -4.58. The monoisotopic (exact) mass is 413 g/mol. The Balaban J connectivity index is 1.61. The second kappa shape index (κ2) is 6.46. The van der Waals surface area contributed by atoms with E-state index in [0.717, 1.165) is 44.0 Å². The highest BCUT2D eigenvalue weighted by Crippen LogP contribution is 2.39. The first kappa shape index (κ1) is 17.1. The highest BCUT2D eigenvalue weighted by Gasteiger charge is 2.21. The zero-order valence-corrected chi connectivity index (χ0v) is 16.8. The molecule has 0 N–H and O–H groups in total. The standard InChI is InChI=1S/C26H15N5O/c1-2-8-17(9-3-1)31-25(29-24-26(31)27-15-28-30-24)21-12-6-11-19-20-14-13-16-7-4-5-10-18(16)22(20)32-23(19)21/h1-15H. The molecule has 4 aromatic carbocycles. The van der Waals surface area contributed by atoms with Crippen LogP contribution in [0.1, 0.15) is 0 Å². The van der Waals surface area contributed by atoms with Crippen LogP contribution in [0.3, 0.4) is 0 Å². The summed E-state index contributed by atoms with van der Waals surface area (Å²) in [4.78, 5) is 9.27. The molecule has 150 valence electrons. The van der Waals surface area contributed by atoms with Crippen molar-refractivity contribution in [3.63, 3.8) is 0 Å². The molecule has 0 amide bonds. The summed E-state index contributed by atoms with van der Waals surface area (Å²) in [7, 11) is 0. The lowest BCUT2D eigenvalue weighted by atomic mass is 10.0. The summed E-state index contributed by atoms with van der Waals surface area (Å²) >= 11 is 0. The molecule has 0 aliphatic rings. The lowest BCUT2D eigenvalue weighted by molar-refractivity contribution is 0.673. The van der Waals surface area contributed by atoms with E-state index in [9.17, 15) is 0 Å². The lowest BCUT2D eigenvalue weighted by Crippen LogP contribution is -1.99. The van der Waals surface area contributed by atoms with Crippen LogP contribution in [0.2, 0.25) is 0 Å². The van der Waals surface area contributed by atoms with Gasteiger partial charge in [0, 0.05) is 21.8 Å². The first-order chi connectivity index (χ1) is 15.9. The van der Waals surface area contributed by atoms with E-state index in [1.165, 1.54) is 6.33 Å². The smallest absolute Gasteiger partial charge is 0.220 e. The van der Waals surface area contributed by atoms with E-state index in [4.69, 9.17) is 9.40 Å². The summed E-state index contributed by atoms with van der Waals surface area (Å²) < 4.78 is 8.53. The van der Waals surface area contributed by atoms with Gasteiger partial charge in [0.25, 0.3) is 0 Å². The van der Waals surface area contributed by atoms with Crippen molar-refractivity contribution in [1.29, 1.82) is 0 Å². The van der Waals surface area contributed by atoms with E-state index in [1.54, 1.807) is 0 Å². The first-order valence-electron chi connectivity index (χ1n) is 10.3. The van der Waals surface area contributed by atoms with Crippen molar-refractivity contribution in [3.05, 3.63) is 91.3 Å². The number of para-hydroxylation sites is 2. The first-order valence-corrected chi connectivity index (χ1v) is 10.3. The van der Waals surface area contributed by atoms with E-state index >= 15 is 0 Å². The van der Waals surface area contributed by atoms with Gasteiger partial charge in [-0.25, -0.2) is 9.97 Å². The maximum Gasteiger partial charge on any atom is 0.220 e. The van der Waals surface area contributed by atoms with Crippen molar-refractivity contribution < 1.29 is 4.42 Å². The molecule has 0 aliphatic carbocycles. The number of imidazole rings is 1. The molecule has 6 heteroatoms. The molecular weight excluding hydrogens is 398 g/mol. The van der Waals surface area contributed by atoms with Crippen molar-refractivity contribution >= 4 is 44.0 Å². The van der Waals surface area contributed by atoms with Gasteiger partial charge in [0.2, 0.25) is 5.65 Å². The van der Waals surface area contributed by atoms with E-state index < -0.39 is 0 Å². The summed E-state index contributed by atoms with van der Waals surface area (Å²) in [5, 5.41) is 12.5. The second-order valence-electron chi connectivity index (χ2n) is 7.66. The molecule has 7 aromatic rings. The number of hydrogen-bond acceptors (Lipinski definition) is 5. The van der Waals surface area contributed by atoms with Crippen LogP contribution in [0.5, 0.6) is 0 Å². The Morgan fingerprint density at radius 1 is 0.688 bits per heavy atom. The highest BCUT2D eigenvalue weighted by molar-refractivity contribution is 6.17. The Bertz CT molecular complexity index is 1780.